The Bertz CT molecular complexity index is 543. The summed E-state index contributed by atoms with van der Waals surface area (Å²) in [6.07, 6.45) is 11.9. The predicted octanol–water partition coefficient (Wildman–Crippen LogP) is 4.49. The highest BCUT2D eigenvalue weighted by atomic mass is 32.1. The third-order valence-electron chi connectivity index (χ3n) is 4.76. The van der Waals surface area contributed by atoms with Crippen molar-refractivity contribution in [1.82, 2.24) is 5.32 Å². The second-order valence-electron chi connectivity index (χ2n) is 6.51. The van der Waals surface area contributed by atoms with Crippen LogP contribution >= 0.6 is 11.3 Å². The van der Waals surface area contributed by atoms with E-state index in [2.05, 4.69) is 23.7 Å². The Morgan fingerprint density at radius 1 is 1.38 bits per heavy atom. The number of thiophene rings is 1. The largest absolute Gasteiger partial charge is 0.352 e. The van der Waals surface area contributed by atoms with Crippen molar-refractivity contribution in [2.45, 2.75) is 58.3 Å². The first-order valence-corrected chi connectivity index (χ1v) is 9.17. The minimum absolute atomic E-state index is 0.137. The molecule has 2 aliphatic rings. The van der Waals surface area contributed by atoms with E-state index in [1.54, 1.807) is 11.3 Å². The molecule has 114 valence electrons. The lowest BCUT2D eigenvalue weighted by Crippen LogP contribution is -2.26. The van der Waals surface area contributed by atoms with Crippen molar-refractivity contribution in [2.75, 3.05) is 6.54 Å². The lowest BCUT2D eigenvalue weighted by atomic mass is 9.88. The van der Waals surface area contributed by atoms with Gasteiger partial charge in [0.05, 0.1) is 5.56 Å². The Kier molecular flexibility index (Phi) is 4.79. The summed E-state index contributed by atoms with van der Waals surface area (Å²) >= 11 is 1.77. The summed E-state index contributed by atoms with van der Waals surface area (Å²) < 4.78 is 0. The molecule has 2 nitrogen and oxygen atoms in total. The lowest BCUT2D eigenvalue weighted by molar-refractivity contribution is 0.0953. The van der Waals surface area contributed by atoms with Crippen LogP contribution in [-0.2, 0) is 12.8 Å². The summed E-state index contributed by atoms with van der Waals surface area (Å²) in [4.78, 5) is 13.8. The van der Waals surface area contributed by atoms with Crippen LogP contribution in [0.4, 0.5) is 0 Å². The SMILES string of the molecule is C[C@@H]1CCc2c(C(=O)NCCC3=CCCCC3)csc2C1. The molecule has 3 heteroatoms. The van der Waals surface area contributed by atoms with Gasteiger partial charge in [-0.1, -0.05) is 18.6 Å². The Morgan fingerprint density at radius 3 is 3.10 bits per heavy atom. The minimum atomic E-state index is 0.137. The number of nitrogens with one attached hydrogen (secondary N) is 1. The number of fused-ring (bicyclic) bond motifs is 1. The van der Waals surface area contributed by atoms with Crippen molar-refractivity contribution in [3.05, 3.63) is 33.0 Å². The summed E-state index contributed by atoms with van der Waals surface area (Å²) in [5.41, 5.74) is 3.80. The fraction of sp³-hybridized carbons (Fsp3) is 0.611. The van der Waals surface area contributed by atoms with Crippen LogP contribution in [0.15, 0.2) is 17.0 Å². The summed E-state index contributed by atoms with van der Waals surface area (Å²) in [6, 6.07) is 0. The monoisotopic (exact) mass is 303 g/mol. The molecule has 1 atom stereocenters. The van der Waals surface area contributed by atoms with Gasteiger partial charge in [0.2, 0.25) is 0 Å². The number of hydrogen-bond acceptors (Lipinski definition) is 2. The molecule has 0 radical (unpaired) electrons. The standard InChI is InChI=1S/C18H25NOS/c1-13-7-8-15-16(12-21-17(15)11-13)18(20)19-10-9-14-5-3-2-4-6-14/h5,12-13H,2-4,6-11H2,1H3,(H,19,20)/t13-/m1/s1. The van der Waals surface area contributed by atoms with Crippen molar-refractivity contribution in [2.24, 2.45) is 5.92 Å². The average Bonchev–Trinajstić information content (AvgIpc) is 2.91. The van der Waals surface area contributed by atoms with E-state index >= 15 is 0 Å². The fourth-order valence-corrected chi connectivity index (χ4v) is 4.68. The van der Waals surface area contributed by atoms with Crippen molar-refractivity contribution in [3.8, 4) is 0 Å². The van der Waals surface area contributed by atoms with Gasteiger partial charge in [-0.3, -0.25) is 4.79 Å². The first-order valence-electron chi connectivity index (χ1n) is 8.29. The first-order chi connectivity index (χ1) is 10.2. The Morgan fingerprint density at radius 2 is 2.29 bits per heavy atom. The van der Waals surface area contributed by atoms with Gasteiger partial charge >= 0.3 is 0 Å². The van der Waals surface area contributed by atoms with E-state index < -0.39 is 0 Å². The molecule has 0 spiro atoms. The van der Waals surface area contributed by atoms with Gasteiger partial charge < -0.3 is 5.32 Å². The Balaban J connectivity index is 1.55. The van der Waals surface area contributed by atoms with Gasteiger partial charge in [-0.25, -0.2) is 0 Å². The number of amides is 1. The van der Waals surface area contributed by atoms with Gasteiger partial charge in [0.25, 0.3) is 5.91 Å². The average molecular weight is 303 g/mol. The van der Waals surface area contributed by atoms with E-state index in [0.717, 1.165) is 37.3 Å². The van der Waals surface area contributed by atoms with Crippen LogP contribution in [0.5, 0.6) is 0 Å². The van der Waals surface area contributed by atoms with Gasteiger partial charge in [0, 0.05) is 16.8 Å². The van der Waals surface area contributed by atoms with Crippen molar-refractivity contribution in [1.29, 1.82) is 0 Å². The summed E-state index contributed by atoms with van der Waals surface area (Å²) in [5, 5.41) is 5.19. The van der Waals surface area contributed by atoms with E-state index in [4.69, 9.17) is 0 Å². The second kappa shape index (κ2) is 6.78. The molecule has 1 amide bonds. The molecule has 0 fully saturated rings. The quantitative estimate of drug-likeness (QED) is 0.816. The van der Waals surface area contributed by atoms with Gasteiger partial charge in [-0.2, -0.15) is 0 Å². The molecule has 0 bridgehead atoms. The molecule has 1 N–H and O–H groups in total. The molecular weight excluding hydrogens is 278 g/mol. The molecule has 0 unspecified atom stereocenters. The normalized spacial score (nSPS) is 21.6. The lowest BCUT2D eigenvalue weighted by Gasteiger charge is -2.19. The molecule has 1 aromatic heterocycles. The third kappa shape index (κ3) is 3.57. The van der Waals surface area contributed by atoms with Crippen LogP contribution in [0.25, 0.3) is 0 Å². The van der Waals surface area contributed by atoms with Crippen LogP contribution in [0.3, 0.4) is 0 Å². The van der Waals surface area contributed by atoms with Crippen LogP contribution in [0.1, 0.15) is 66.2 Å². The van der Waals surface area contributed by atoms with E-state index in [1.807, 2.05) is 0 Å². The molecule has 21 heavy (non-hydrogen) atoms. The molecule has 1 heterocycles. The maximum absolute atomic E-state index is 12.4. The molecule has 0 saturated carbocycles. The number of hydrogen-bond donors (Lipinski definition) is 1. The number of carbonyl (C=O) groups is 1. The van der Waals surface area contributed by atoms with Crippen molar-refractivity contribution in [3.63, 3.8) is 0 Å². The smallest absolute Gasteiger partial charge is 0.252 e. The molecule has 2 aliphatic carbocycles. The highest BCUT2D eigenvalue weighted by Crippen LogP contribution is 2.32. The van der Waals surface area contributed by atoms with Crippen LogP contribution in [0, 0.1) is 5.92 Å². The molecular formula is C18H25NOS. The van der Waals surface area contributed by atoms with Gasteiger partial charge in [-0.15, -0.1) is 11.3 Å². The Hall–Kier alpha value is -1.09. The molecule has 0 aliphatic heterocycles. The topological polar surface area (TPSA) is 29.1 Å². The van der Waals surface area contributed by atoms with Crippen LogP contribution in [0.2, 0.25) is 0 Å². The van der Waals surface area contributed by atoms with E-state index in [1.165, 1.54) is 48.1 Å². The zero-order valence-electron chi connectivity index (χ0n) is 12.9. The first kappa shape index (κ1) is 14.8. The Labute approximate surface area is 131 Å². The van der Waals surface area contributed by atoms with E-state index in [9.17, 15) is 4.79 Å². The number of rotatable bonds is 4. The second-order valence-corrected chi connectivity index (χ2v) is 7.48. The van der Waals surface area contributed by atoms with Crippen LogP contribution < -0.4 is 5.32 Å². The minimum Gasteiger partial charge on any atom is -0.352 e. The number of allylic oxidation sites excluding steroid dienone is 1. The molecule has 0 aromatic carbocycles. The predicted molar refractivity (Wildman–Crippen MR) is 89.0 cm³/mol. The zero-order chi connectivity index (χ0) is 14.7. The van der Waals surface area contributed by atoms with Gasteiger partial charge in [0.15, 0.2) is 0 Å². The maximum atomic E-state index is 12.4. The molecule has 3 rings (SSSR count). The van der Waals surface area contributed by atoms with Crippen molar-refractivity contribution >= 4 is 17.2 Å². The molecule has 1 aromatic rings. The van der Waals surface area contributed by atoms with Gasteiger partial charge in [0.1, 0.15) is 0 Å². The third-order valence-corrected chi connectivity index (χ3v) is 5.81. The van der Waals surface area contributed by atoms with Crippen LogP contribution in [-0.4, -0.2) is 12.5 Å². The summed E-state index contributed by atoms with van der Waals surface area (Å²) in [7, 11) is 0. The summed E-state index contributed by atoms with van der Waals surface area (Å²) in [6.45, 7) is 3.09. The van der Waals surface area contributed by atoms with E-state index in [-0.39, 0.29) is 5.91 Å². The fourth-order valence-electron chi connectivity index (χ4n) is 3.43. The number of carbonyl (C=O) groups excluding carboxylic acids is 1. The molecule has 0 saturated heterocycles. The maximum Gasteiger partial charge on any atom is 0.252 e. The zero-order valence-corrected chi connectivity index (χ0v) is 13.7. The van der Waals surface area contributed by atoms with Crippen molar-refractivity contribution < 1.29 is 4.79 Å². The highest BCUT2D eigenvalue weighted by molar-refractivity contribution is 7.10. The summed E-state index contributed by atoms with van der Waals surface area (Å²) in [5.74, 6) is 0.906. The van der Waals surface area contributed by atoms with Gasteiger partial charge in [-0.05, 0) is 62.8 Å². The van der Waals surface area contributed by atoms with E-state index in [0.29, 0.717) is 0 Å². The highest BCUT2D eigenvalue weighted by Gasteiger charge is 2.22.